The topological polar surface area (TPSA) is 31.4 Å². The van der Waals surface area contributed by atoms with Crippen molar-refractivity contribution in [2.75, 3.05) is 38.6 Å². The first kappa shape index (κ1) is 16.7. The molecule has 2 rings (SSSR count). The fourth-order valence-electron chi connectivity index (χ4n) is 2.73. The molecule has 21 heavy (non-hydrogen) atoms. The van der Waals surface area contributed by atoms with Crippen LogP contribution in [0.25, 0.3) is 0 Å². The zero-order valence-electron chi connectivity index (χ0n) is 14.1. The Hall–Kier alpha value is -0.650. The SMILES string of the molecule is CCc1nc(N2CCC(N(C)C)C2)sc1CNCC(C)C. The Balaban J connectivity index is 2.00. The van der Waals surface area contributed by atoms with Crippen molar-refractivity contribution < 1.29 is 0 Å². The highest BCUT2D eigenvalue weighted by atomic mass is 32.1. The van der Waals surface area contributed by atoms with Crippen LogP contribution < -0.4 is 10.2 Å². The second kappa shape index (κ2) is 7.56. The molecule has 4 nitrogen and oxygen atoms in total. The van der Waals surface area contributed by atoms with E-state index in [0.29, 0.717) is 12.0 Å². The van der Waals surface area contributed by atoms with E-state index in [4.69, 9.17) is 4.98 Å². The van der Waals surface area contributed by atoms with Crippen LogP contribution in [0.5, 0.6) is 0 Å². The summed E-state index contributed by atoms with van der Waals surface area (Å²) >= 11 is 1.88. The summed E-state index contributed by atoms with van der Waals surface area (Å²) in [5, 5.41) is 4.77. The molecular formula is C16H30N4S. The second-order valence-electron chi connectivity index (χ2n) is 6.60. The van der Waals surface area contributed by atoms with Crippen LogP contribution in [0.15, 0.2) is 0 Å². The summed E-state index contributed by atoms with van der Waals surface area (Å²) < 4.78 is 0. The van der Waals surface area contributed by atoms with Crippen LogP contribution in [0.3, 0.4) is 0 Å². The van der Waals surface area contributed by atoms with Crippen LogP contribution in [-0.2, 0) is 13.0 Å². The average Bonchev–Trinajstić information content (AvgIpc) is 3.04. The van der Waals surface area contributed by atoms with Crippen molar-refractivity contribution >= 4 is 16.5 Å². The minimum absolute atomic E-state index is 0.668. The third kappa shape index (κ3) is 4.41. The van der Waals surface area contributed by atoms with Crippen LogP contribution in [0.2, 0.25) is 0 Å². The number of hydrogen-bond acceptors (Lipinski definition) is 5. The van der Waals surface area contributed by atoms with Gasteiger partial charge >= 0.3 is 0 Å². The van der Waals surface area contributed by atoms with Crippen LogP contribution in [0.1, 0.15) is 37.8 Å². The molecule has 5 heteroatoms. The zero-order chi connectivity index (χ0) is 15.4. The van der Waals surface area contributed by atoms with Gasteiger partial charge in [-0.1, -0.05) is 20.8 Å². The van der Waals surface area contributed by atoms with E-state index in [0.717, 1.165) is 32.6 Å². The van der Waals surface area contributed by atoms with Gasteiger partial charge in [-0.2, -0.15) is 0 Å². The van der Waals surface area contributed by atoms with Crippen LogP contribution in [0, 0.1) is 5.92 Å². The largest absolute Gasteiger partial charge is 0.346 e. The number of nitrogens with zero attached hydrogens (tertiary/aromatic N) is 3. The number of thiazole rings is 1. The molecule has 1 aliphatic rings. The maximum Gasteiger partial charge on any atom is 0.185 e. The van der Waals surface area contributed by atoms with E-state index < -0.39 is 0 Å². The van der Waals surface area contributed by atoms with Gasteiger partial charge in [0.2, 0.25) is 0 Å². The smallest absolute Gasteiger partial charge is 0.185 e. The van der Waals surface area contributed by atoms with Gasteiger partial charge in [0.25, 0.3) is 0 Å². The molecule has 1 saturated heterocycles. The Morgan fingerprint density at radius 3 is 2.76 bits per heavy atom. The molecule has 1 aromatic rings. The lowest BCUT2D eigenvalue weighted by Gasteiger charge is -2.19. The average molecular weight is 311 g/mol. The lowest BCUT2D eigenvalue weighted by molar-refractivity contribution is 0.315. The van der Waals surface area contributed by atoms with Crippen LogP contribution >= 0.6 is 11.3 Å². The third-order valence-electron chi connectivity index (χ3n) is 4.10. The predicted molar refractivity (Wildman–Crippen MR) is 92.3 cm³/mol. The van der Waals surface area contributed by atoms with Crippen LogP contribution in [-0.4, -0.2) is 49.7 Å². The summed E-state index contributed by atoms with van der Waals surface area (Å²) in [4.78, 5) is 11.1. The van der Waals surface area contributed by atoms with E-state index in [1.165, 1.54) is 22.1 Å². The molecule has 0 saturated carbocycles. The summed E-state index contributed by atoms with van der Waals surface area (Å²) in [7, 11) is 4.35. The van der Waals surface area contributed by atoms with Gasteiger partial charge in [0.15, 0.2) is 5.13 Å². The molecule has 0 bridgehead atoms. The van der Waals surface area contributed by atoms with E-state index in [1.54, 1.807) is 0 Å². The quantitative estimate of drug-likeness (QED) is 0.839. The standard InChI is InChI=1S/C16H30N4S/c1-6-14-15(10-17-9-12(2)3)21-16(18-14)20-8-7-13(11-20)19(4)5/h12-13,17H,6-11H2,1-5H3. The highest BCUT2D eigenvalue weighted by molar-refractivity contribution is 7.15. The maximum absolute atomic E-state index is 4.89. The molecule has 1 aliphatic heterocycles. The first-order valence-electron chi connectivity index (χ1n) is 8.11. The molecule has 2 heterocycles. The monoisotopic (exact) mass is 310 g/mol. The number of aryl methyl sites for hydroxylation is 1. The van der Waals surface area contributed by atoms with E-state index in [1.807, 2.05) is 11.3 Å². The third-order valence-corrected chi connectivity index (χ3v) is 5.26. The summed E-state index contributed by atoms with van der Waals surface area (Å²) in [5.41, 5.74) is 1.28. The van der Waals surface area contributed by atoms with Gasteiger partial charge in [0.05, 0.1) is 5.69 Å². The molecule has 1 unspecified atom stereocenters. The van der Waals surface area contributed by atoms with Crippen molar-refractivity contribution in [1.29, 1.82) is 0 Å². The molecule has 1 aromatic heterocycles. The summed E-state index contributed by atoms with van der Waals surface area (Å²) in [5.74, 6) is 0.696. The Morgan fingerprint density at radius 1 is 1.43 bits per heavy atom. The number of rotatable bonds is 7. The minimum Gasteiger partial charge on any atom is -0.346 e. The highest BCUT2D eigenvalue weighted by Crippen LogP contribution is 2.30. The first-order valence-corrected chi connectivity index (χ1v) is 8.93. The van der Waals surface area contributed by atoms with Crippen molar-refractivity contribution in [3.05, 3.63) is 10.6 Å². The Bertz CT molecular complexity index is 441. The van der Waals surface area contributed by atoms with E-state index in [-0.39, 0.29) is 0 Å². The van der Waals surface area contributed by atoms with Gasteiger partial charge in [-0.3, -0.25) is 0 Å². The minimum atomic E-state index is 0.668. The van der Waals surface area contributed by atoms with Gasteiger partial charge in [-0.15, -0.1) is 11.3 Å². The number of likely N-dealkylation sites (N-methyl/N-ethyl adjacent to an activating group) is 1. The molecule has 0 aliphatic carbocycles. The van der Waals surface area contributed by atoms with Crippen molar-refractivity contribution in [2.45, 2.75) is 46.2 Å². The second-order valence-corrected chi connectivity index (χ2v) is 7.66. The molecule has 0 amide bonds. The Kier molecular flexibility index (Phi) is 6.02. The highest BCUT2D eigenvalue weighted by Gasteiger charge is 2.26. The lowest BCUT2D eigenvalue weighted by atomic mass is 10.2. The fourth-order valence-corrected chi connectivity index (χ4v) is 3.88. The Labute approximate surface area is 133 Å². The molecule has 1 N–H and O–H groups in total. The Morgan fingerprint density at radius 2 is 2.19 bits per heavy atom. The van der Waals surface area contributed by atoms with Crippen molar-refractivity contribution in [3.8, 4) is 0 Å². The van der Waals surface area contributed by atoms with Gasteiger partial charge in [-0.05, 0) is 39.4 Å². The van der Waals surface area contributed by atoms with Gasteiger partial charge in [-0.25, -0.2) is 4.98 Å². The van der Waals surface area contributed by atoms with Crippen molar-refractivity contribution in [2.24, 2.45) is 5.92 Å². The molecule has 1 fully saturated rings. The number of nitrogens with one attached hydrogen (secondary N) is 1. The first-order chi connectivity index (χ1) is 10.0. The molecular weight excluding hydrogens is 280 g/mol. The van der Waals surface area contributed by atoms with E-state index in [2.05, 4.69) is 50.0 Å². The molecule has 0 aromatic carbocycles. The molecule has 1 atom stereocenters. The molecule has 120 valence electrons. The van der Waals surface area contributed by atoms with Gasteiger partial charge in [0, 0.05) is 30.6 Å². The predicted octanol–water partition coefficient (Wildman–Crippen LogP) is 2.59. The van der Waals surface area contributed by atoms with Gasteiger partial charge < -0.3 is 15.1 Å². The molecule has 0 spiro atoms. The van der Waals surface area contributed by atoms with Gasteiger partial charge in [0.1, 0.15) is 0 Å². The zero-order valence-corrected chi connectivity index (χ0v) is 15.0. The van der Waals surface area contributed by atoms with Crippen LogP contribution in [0.4, 0.5) is 5.13 Å². The van der Waals surface area contributed by atoms with Crippen molar-refractivity contribution in [1.82, 2.24) is 15.2 Å². The number of hydrogen-bond donors (Lipinski definition) is 1. The fraction of sp³-hybridized carbons (Fsp3) is 0.812. The van der Waals surface area contributed by atoms with Crippen molar-refractivity contribution in [3.63, 3.8) is 0 Å². The lowest BCUT2D eigenvalue weighted by Crippen LogP contribution is -2.31. The summed E-state index contributed by atoms with van der Waals surface area (Å²) in [6, 6.07) is 0.668. The number of aromatic nitrogens is 1. The normalized spacial score (nSPS) is 19.2. The van der Waals surface area contributed by atoms with E-state index >= 15 is 0 Å². The molecule has 0 radical (unpaired) electrons. The maximum atomic E-state index is 4.89. The summed E-state index contributed by atoms with van der Waals surface area (Å²) in [6.45, 7) is 11.0. The number of anilines is 1. The summed E-state index contributed by atoms with van der Waals surface area (Å²) in [6.07, 6.45) is 2.27. The van der Waals surface area contributed by atoms with E-state index in [9.17, 15) is 0 Å².